The smallest absolute Gasteiger partial charge is 0.134 e. The highest BCUT2D eigenvalue weighted by Gasteiger charge is 2.03. The molecule has 0 spiro atoms. The van der Waals surface area contributed by atoms with Crippen molar-refractivity contribution in [3.63, 3.8) is 0 Å². The van der Waals surface area contributed by atoms with Gasteiger partial charge in [0.15, 0.2) is 0 Å². The number of fused-ring (bicyclic) bond motifs is 1. The summed E-state index contributed by atoms with van der Waals surface area (Å²) >= 11 is 0. The lowest BCUT2D eigenvalue weighted by Gasteiger charge is -2.03. The van der Waals surface area contributed by atoms with Crippen molar-refractivity contribution < 1.29 is 9.15 Å². The average Bonchev–Trinajstić information content (AvgIpc) is 2.62. The van der Waals surface area contributed by atoms with E-state index in [2.05, 4.69) is 6.58 Å². The van der Waals surface area contributed by atoms with Crippen LogP contribution in [0.4, 0.5) is 0 Å². The molecule has 0 saturated carbocycles. The highest BCUT2D eigenvalue weighted by atomic mass is 16.5. The zero-order valence-electron chi connectivity index (χ0n) is 7.41. The molecule has 0 atom stereocenters. The topological polar surface area (TPSA) is 22.4 Å². The van der Waals surface area contributed by atoms with Crippen LogP contribution in [0.15, 0.2) is 35.5 Å². The summed E-state index contributed by atoms with van der Waals surface area (Å²) in [6.07, 6.45) is 3.41. The first-order chi connectivity index (χ1) is 6.35. The second-order valence-electron chi connectivity index (χ2n) is 2.76. The van der Waals surface area contributed by atoms with Crippen molar-refractivity contribution in [1.29, 1.82) is 0 Å². The predicted octanol–water partition coefficient (Wildman–Crippen LogP) is 3.08. The Bertz CT molecular complexity index is 440. The summed E-state index contributed by atoms with van der Waals surface area (Å²) in [6, 6.07) is 5.77. The van der Waals surface area contributed by atoms with Crippen LogP contribution in [-0.2, 0) is 0 Å². The zero-order valence-corrected chi connectivity index (χ0v) is 7.41. The van der Waals surface area contributed by atoms with E-state index in [1.807, 2.05) is 18.2 Å². The van der Waals surface area contributed by atoms with E-state index >= 15 is 0 Å². The number of furan rings is 1. The molecule has 0 aliphatic heterocycles. The van der Waals surface area contributed by atoms with Gasteiger partial charge < -0.3 is 9.15 Å². The molecular formula is C11H10O2. The first-order valence-corrected chi connectivity index (χ1v) is 4.03. The number of methoxy groups -OCH3 is 1. The standard InChI is InChI=1S/C11H10O2/c1-3-8-6-11-9(4-5-13-11)7-10(8)12-2/h3-7H,1H2,2H3. The third kappa shape index (κ3) is 1.20. The maximum Gasteiger partial charge on any atom is 0.134 e. The van der Waals surface area contributed by atoms with Crippen LogP contribution in [0.1, 0.15) is 5.56 Å². The Hall–Kier alpha value is -1.70. The number of hydrogen-bond donors (Lipinski definition) is 0. The lowest BCUT2D eigenvalue weighted by molar-refractivity contribution is 0.414. The van der Waals surface area contributed by atoms with Crippen molar-refractivity contribution in [1.82, 2.24) is 0 Å². The molecule has 13 heavy (non-hydrogen) atoms. The van der Waals surface area contributed by atoms with Crippen LogP contribution in [0.2, 0.25) is 0 Å². The Labute approximate surface area is 76.4 Å². The van der Waals surface area contributed by atoms with Gasteiger partial charge in [0.2, 0.25) is 0 Å². The maximum absolute atomic E-state index is 5.26. The van der Waals surface area contributed by atoms with E-state index in [1.165, 1.54) is 0 Å². The highest BCUT2D eigenvalue weighted by Crippen LogP contribution is 2.27. The lowest BCUT2D eigenvalue weighted by Crippen LogP contribution is -1.85. The molecule has 0 bridgehead atoms. The van der Waals surface area contributed by atoms with Crippen LogP contribution in [0, 0.1) is 0 Å². The molecule has 66 valence electrons. The number of rotatable bonds is 2. The monoisotopic (exact) mass is 174 g/mol. The molecule has 0 fully saturated rings. The summed E-state index contributed by atoms with van der Waals surface area (Å²) in [4.78, 5) is 0. The molecule has 0 N–H and O–H groups in total. The van der Waals surface area contributed by atoms with Gasteiger partial charge in [-0.05, 0) is 18.2 Å². The van der Waals surface area contributed by atoms with Crippen molar-refractivity contribution >= 4 is 17.0 Å². The van der Waals surface area contributed by atoms with Crippen LogP contribution in [0.25, 0.3) is 17.0 Å². The van der Waals surface area contributed by atoms with E-state index in [0.29, 0.717) is 0 Å². The summed E-state index contributed by atoms with van der Waals surface area (Å²) in [5, 5.41) is 1.04. The van der Waals surface area contributed by atoms with Crippen molar-refractivity contribution in [2.45, 2.75) is 0 Å². The number of benzene rings is 1. The van der Waals surface area contributed by atoms with Gasteiger partial charge in [0, 0.05) is 10.9 Å². The third-order valence-electron chi connectivity index (χ3n) is 2.02. The fourth-order valence-corrected chi connectivity index (χ4v) is 1.34. The van der Waals surface area contributed by atoms with Crippen LogP contribution in [-0.4, -0.2) is 7.11 Å². The Kier molecular flexibility index (Phi) is 1.81. The van der Waals surface area contributed by atoms with Crippen LogP contribution in [0.5, 0.6) is 5.75 Å². The third-order valence-corrected chi connectivity index (χ3v) is 2.02. The van der Waals surface area contributed by atoms with Gasteiger partial charge in [0.05, 0.1) is 13.4 Å². The first-order valence-electron chi connectivity index (χ1n) is 4.03. The fourth-order valence-electron chi connectivity index (χ4n) is 1.34. The minimum absolute atomic E-state index is 0.823. The van der Waals surface area contributed by atoms with Gasteiger partial charge >= 0.3 is 0 Å². The molecule has 2 aromatic rings. The molecule has 0 aliphatic carbocycles. The summed E-state index contributed by atoms with van der Waals surface area (Å²) in [6.45, 7) is 3.71. The lowest BCUT2D eigenvalue weighted by atomic mass is 10.1. The minimum Gasteiger partial charge on any atom is -0.496 e. The van der Waals surface area contributed by atoms with Gasteiger partial charge in [-0.25, -0.2) is 0 Å². The average molecular weight is 174 g/mol. The molecule has 2 rings (SSSR count). The molecule has 0 aliphatic rings. The van der Waals surface area contributed by atoms with E-state index < -0.39 is 0 Å². The van der Waals surface area contributed by atoms with Gasteiger partial charge in [0.25, 0.3) is 0 Å². The second kappa shape index (κ2) is 2.98. The molecule has 1 aromatic carbocycles. The predicted molar refractivity (Wildman–Crippen MR) is 52.9 cm³/mol. The molecule has 0 radical (unpaired) electrons. The Morgan fingerprint density at radius 2 is 2.31 bits per heavy atom. The van der Waals surface area contributed by atoms with Gasteiger partial charge in [0.1, 0.15) is 11.3 Å². The van der Waals surface area contributed by atoms with Crippen molar-refractivity contribution in [2.75, 3.05) is 7.11 Å². The van der Waals surface area contributed by atoms with Crippen LogP contribution < -0.4 is 4.74 Å². The molecule has 2 nitrogen and oxygen atoms in total. The normalized spacial score (nSPS) is 10.2. The summed E-state index contributed by atoms with van der Waals surface area (Å²) in [7, 11) is 1.65. The molecule has 0 amide bonds. The summed E-state index contributed by atoms with van der Waals surface area (Å²) in [5.41, 5.74) is 1.81. The summed E-state index contributed by atoms with van der Waals surface area (Å²) in [5.74, 6) is 0.823. The zero-order chi connectivity index (χ0) is 9.26. The molecular weight excluding hydrogens is 164 g/mol. The number of ether oxygens (including phenoxy) is 1. The van der Waals surface area contributed by atoms with Crippen LogP contribution in [0.3, 0.4) is 0 Å². The second-order valence-corrected chi connectivity index (χ2v) is 2.76. The Morgan fingerprint density at radius 1 is 1.46 bits per heavy atom. The van der Waals surface area contributed by atoms with Gasteiger partial charge in [-0.1, -0.05) is 12.7 Å². The van der Waals surface area contributed by atoms with E-state index in [9.17, 15) is 0 Å². The Balaban J connectivity index is 2.73. The highest BCUT2D eigenvalue weighted by molar-refractivity contribution is 5.82. The molecule has 0 saturated heterocycles. The van der Waals surface area contributed by atoms with Crippen molar-refractivity contribution in [3.8, 4) is 5.75 Å². The maximum atomic E-state index is 5.26. The quantitative estimate of drug-likeness (QED) is 0.698. The van der Waals surface area contributed by atoms with Crippen molar-refractivity contribution in [2.24, 2.45) is 0 Å². The number of hydrogen-bond acceptors (Lipinski definition) is 2. The van der Waals surface area contributed by atoms with E-state index in [4.69, 9.17) is 9.15 Å². The van der Waals surface area contributed by atoms with E-state index in [1.54, 1.807) is 19.4 Å². The first kappa shape index (κ1) is 7.92. The van der Waals surface area contributed by atoms with Gasteiger partial charge in [-0.3, -0.25) is 0 Å². The SMILES string of the molecule is C=Cc1cc2occc2cc1OC. The van der Waals surface area contributed by atoms with E-state index in [-0.39, 0.29) is 0 Å². The summed E-state index contributed by atoms with van der Waals surface area (Å²) < 4.78 is 10.5. The largest absolute Gasteiger partial charge is 0.496 e. The van der Waals surface area contributed by atoms with Gasteiger partial charge in [-0.2, -0.15) is 0 Å². The van der Waals surface area contributed by atoms with Crippen molar-refractivity contribution in [3.05, 3.63) is 36.6 Å². The molecule has 1 aromatic heterocycles. The molecule has 1 heterocycles. The van der Waals surface area contributed by atoms with Gasteiger partial charge in [-0.15, -0.1) is 0 Å². The molecule has 0 unspecified atom stereocenters. The fraction of sp³-hybridized carbons (Fsp3) is 0.0909. The van der Waals surface area contributed by atoms with Crippen LogP contribution >= 0.6 is 0 Å². The molecule has 2 heteroatoms. The van der Waals surface area contributed by atoms with E-state index in [0.717, 1.165) is 22.3 Å². The Morgan fingerprint density at radius 3 is 3.00 bits per heavy atom. The minimum atomic E-state index is 0.823.